The third-order valence-electron chi connectivity index (χ3n) is 5.67. The van der Waals surface area contributed by atoms with Crippen molar-refractivity contribution in [2.45, 2.75) is 39.9 Å². The monoisotopic (exact) mass is 584 g/mol. The van der Waals surface area contributed by atoms with Crippen LogP contribution in [-0.4, -0.2) is 31.7 Å². The van der Waals surface area contributed by atoms with Crippen LogP contribution >= 0.6 is 27.5 Å². The van der Waals surface area contributed by atoms with Gasteiger partial charge in [-0.2, -0.15) is 0 Å². The van der Waals surface area contributed by atoms with Crippen LogP contribution in [-0.2, 0) is 12.2 Å². The third-order valence-corrected chi connectivity index (χ3v) is 6.69. The standard InChI is InChI=1S/C27H26BrClN4O4/c1-15-12-31-26(27(3,4)35)32-24(15)20-11-21(19(29)13-30-20)33-16(2)9-22(23(28)25(33)34)37-14-17-7-6-8-18(10-17)36-5/h6-13,35H,14H2,1-5H3. The van der Waals surface area contributed by atoms with Crippen molar-refractivity contribution >= 4 is 27.5 Å². The van der Waals surface area contributed by atoms with Crippen LogP contribution in [0.2, 0.25) is 5.02 Å². The van der Waals surface area contributed by atoms with Gasteiger partial charge < -0.3 is 14.6 Å². The fourth-order valence-electron chi connectivity index (χ4n) is 3.73. The van der Waals surface area contributed by atoms with Crippen molar-refractivity contribution in [3.05, 3.63) is 91.3 Å². The molecule has 0 aliphatic heterocycles. The fourth-order valence-corrected chi connectivity index (χ4v) is 4.33. The van der Waals surface area contributed by atoms with Gasteiger partial charge in [-0.1, -0.05) is 23.7 Å². The highest BCUT2D eigenvalue weighted by atomic mass is 79.9. The molecule has 4 rings (SSSR count). The lowest BCUT2D eigenvalue weighted by Gasteiger charge is -2.18. The number of hydrogen-bond donors (Lipinski definition) is 1. The number of ether oxygens (including phenoxy) is 2. The summed E-state index contributed by atoms with van der Waals surface area (Å²) in [4.78, 5) is 26.6. The Kier molecular flexibility index (Phi) is 7.68. The third kappa shape index (κ3) is 5.69. The Morgan fingerprint density at radius 3 is 2.59 bits per heavy atom. The number of halogens is 2. The minimum absolute atomic E-state index is 0.259. The molecule has 10 heteroatoms. The summed E-state index contributed by atoms with van der Waals surface area (Å²) in [5.41, 5.74) is 2.19. The van der Waals surface area contributed by atoms with Gasteiger partial charge in [0.25, 0.3) is 5.56 Å². The second-order valence-electron chi connectivity index (χ2n) is 9.05. The molecule has 8 nitrogen and oxygen atoms in total. The SMILES string of the molecule is COc1cccc(COc2cc(C)n(-c3cc(-c4nc(C(C)(C)O)ncc4C)ncc3Cl)c(=O)c2Br)c1. The molecule has 0 bridgehead atoms. The molecule has 1 N–H and O–H groups in total. The lowest BCUT2D eigenvalue weighted by atomic mass is 10.1. The normalized spacial score (nSPS) is 11.5. The van der Waals surface area contributed by atoms with E-state index in [9.17, 15) is 9.90 Å². The molecule has 3 heterocycles. The molecule has 0 saturated carbocycles. The Morgan fingerprint density at radius 1 is 1.14 bits per heavy atom. The highest BCUT2D eigenvalue weighted by Gasteiger charge is 2.22. The summed E-state index contributed by atoms with van der Waals surface area (Å²) < 4.78 is 13.0. The van der Waals surface area contributed by atoms with Gasteiger partial charge in [0.15, 0.2) is 5.82 Å². The number of pyridine rings is 2. The summed E-state index contributed by atoms with van der Waals surface area (Å²) in [6.45, 7) is 7.13. The van der Waals surface area contributed by atoms with E-state index in [1.807, 2.05) is 31.2 Å². The predicted molar refractivity (Wildman–Crippen MR) is 146 cm³/mol. The van der Waals surface area contributed by atoms with Crippen molar-refractivity contribution in [2.24, 2.45) is 0 Å². The van der Waals surface area contributed by atoms with E-state index in [4.69, 9.17) is 21.1 Å². The molecule has 0 atom stereocenters. The quantitative estimate of drug-likeness (QED) is 0.304. The van der Waals surface area contributed by atoms with Gasteiger partial charge in [0.05, 0.1) is 29.2 Å². The van der Waals surface area contributed by atoms with Crippen molar-refractivity contribution in [2.75, 3.05) is 7.11 Å². The minimum Gasteiger partial charge on any atom is -0.497 e. The van der Waals surface area contributed by atoms with Gasteiger partial charge in [0.1, 0.15) is 28.2 Å². The van der Waals surface area contributed by atoms with Crippen molar-refractivity contribution in [3.63, 3.8) is 0 Å². The zero-order valence-corrected chi connectivity index (χ0v) is 23.4. The Bertz CT molecular complexity index is 1530. The largest absolute Gasteiger partial charge is 0.497 e. The van der Waals surface area contributed by atoms with E-state index < -0.39 is 5.60 Å². The van der Waals surface area contributed by atoms with Crippen LogP contribution in [0.4, 0.5) is 0 Å². The average Bonchev–Trinajstić information content (AvgIpc) is 2.86. The Hall–Kier alpha value is -3.27. The Morgan fingerprint density at radius 2 is 1.89 bits per heavy atom. The number of hydrogen-bond acceptors (Lipinski definition) is 7. The second-order valence-corrected chi connectivity index (χ2v) is 10.3. The van der Waals surface area contributed by atoms with Crippen LogP contribution in [0.25, 0.3) is 17.1 Å². The summed E-state index contributed by atoms with van der Waals surface area (Å²) in [6, 6.07) is 11.0. The van der Waals surface area contributed by atoms with Crippen LogP contribution in [0.1, 0.15) is 36.5 Å². The van der Waals surface area contributed by atoms with Gasteiger partial charge in [-0.15, -0.1) is 0 Å². The Balaban J connectivity index is 1.73. The summed E-state index contributed by atoms with van der Waals surface area (Å²) in [5.74, 6) is 1.40. The average molecular weight is 586 g/mol. The molecular formula is C27H26BrClN4O4. The summed E-state index contributed by atoms with van der Waals surface area (Å²) in [7, 11) is 1.60. The summed E-state index contributed by atoms with van der Waals surface area (Å²) in [6.07, 6.45) is 3.11. The number of aryl methyl sites for hydroxylation is 2. The number of benzene rings is 1. The summed E-state index contributed by atoms with van der Waals surface area (Å²) in [5, 5.41) is 10.7. The molecule has 4 aromatic rings. The number of nitrogens with zero attached hydrogens (tertiary/aromatic N) is 4. The first-order chi connectivity index (χ1) is 17.5. The highest BCUT2D eigenvalue weighted by Crippen LogP contribution is 2.30. The molecule has 0 radical (unpaired) electrons. The summed E-state index contributed by atoms with van der Waals surface area (Å²) >= 11 is 9.92. The van der Waals surface area contributed by atoms with Crippen LogP contribution in [0.15, 0.2) is 58.1 Å². The van der Waals surface area contributed by atoms with E-state index in [1.54, 1.807) is 46.2 Å². The lowest BCUT2D eigenvalue weighted by Crippen LogP contribution is -2.23. The molecule has 0 aliphatic carbocycles. The number of aliphatic hydroxyl groups is 1. The zero-order chi connectivity index (χ0) is 26.9. The molecule has 0 unspecified atom stereocenters. The van der Waals surface area contributed by atoms with Gasteiger partial charge in [-0.05, 0) is 73.0 Å². The molecule has 0 amide bonds. The first-order valence-corrected chi connectivity index (χ1v) is 12.6. The van der Waals surface area contributed by atoms with E-state index in [2.05, 4.69) is 30.9 Å². The molecule has 0 aliphatic rings. The topological polar surface area (TPSA) is 99.4 Å². The van der Waals surface area contributed by atoms with E-state index in [0.29, 0.717) is 33.5 Å². The van der Waals surface area contributed by atoms with Crippen LogP contribution in [0, 0.1) is 13.8 Å². The van der Waals surface area contributed by atoms with Gasteiger partial charge in [-0.3, -0.25) is 14.3 Å². The van der Waals surface area contributed by atoms with Crippen molar-refractivity contribution in [1.82, 2.24) is 19.5 Å². The van der Waals surface area contributed by atoms with Gasteiger partial charge >= 0.3 is 0 Å². The Labute approximate surface area is 228 Å². The molecule has 3 aromatic heterocycles. The molecule has 37 heavy (non-hydrogen) atoms. The van der Waals surface area contributed by atoms with E-state index in [1.165, 1.54) is 10.8 Å². The zero-order valence-electron chi connectivity index (χ0n) is 21.0. The number of rotatable bonds is 7. The lowest BCUT2D eigenvalue weighted by molar-refractivity contribution is 0.0688. The fraction of sp³-hybridized carbons (Fsp3) is 0.259. The number of aromatic nitrogens is 4. The van der Waals surface area contributed by atoms with E-state index >= 15 is 0 Å². The van der Waals surface area contributed by atoms with Gasteiger partial charge in [0, 0.05) is 24.2 Å². The van der Waals surface area contributed by atoms with Crippen LogP contribution < -0.4 is 15.0 Å². The van der Waals surface area contributed by atoms with E-state index in [-0.39, 0.29) is 22.5 Å². The highest BCUT2D eigenvalue weighted by molar-refractivity contribution is 9.10. The molecule has 1 aromatic carbocycles. The maximum atomic E-state index is 13.5. The molecular weight excluding hydrogens is 560 g/mol. The van der Waals surface area contributed by atoms with Crippen molar-refractivity contribution in [1.29, 1.82) is 0 Å². The maximum Gasteiger partial charge on any atom is 0.273 e. The van der Waals surface area contributed by atoms with Crippen molar-refractivity contribution in [3.8, 4) is 28.6 Å². The second kappa shape index (κ2) is 10.6. The smallest absolute Gasteiger partial charge is 0.273 e. The van der Waals surface area contributed by atoms with E-state index in [0.717, 1.165) is 16.9 Å². The van der Waals surface area contributed by atoms with Crippen LogP contribution in [0.5, 0.6) is 11.5 Å². The van der Waals surface area contributed by atoms with Crippen molar-refractivity contribution < 1.29 is 14.6 Å². The van der Waals surface area contributed by atoms with Gasteiger partial charge in [-0.25, -0.2) is 9.97 Å². The minimum atomic E-state index is -1.23. The molecule has 0 fully saturated rings. The predicted octanol–water partition coefficient (Wildman–Crippen LogP) is 5.54. The van der Waals surface area contributed by atoms with Gasteiger partial charge in [0.2, 0.25) is 0 Å². The van der Waals surface area contributed by atoms with Crippen LogP contribution in [0.3, 0.4) is 0 Å². The molecule has 0 saturated heterocycles. The first kappa shape index (κ1) is 26.8. The molecule has 192 valence electrons. The maximum absolute atomic E-state index is 13.5. The molecule has 0 spiro atoms. The number of methoxy groups -OCH3 is 1. The first-order valence-electron chi connectivity index (χ1n) is 11.4.